The summed E-state index contributed by atoms with van der Waals surface area (Å²) in [4.78, 5) is 10.1. The molecule has 0 fully saturated rings. The summed E-state index contributed by atoms with van der Waals surface area (Å²) in [7, 11) is -3.23. The number of nitro benzene ring substituents is 1. The smallest absolute Gasteiger partial charge is 0.323 e. The molecule has 1 aromatic rings. The topological polar surface area (TPSA) is 105 Å². The maximum Gasteiger partial charge on any atom is 0.332 e. The molecule has 0 amide bonds. The van der Waals surface area contributed by atoms with Gasteiger partial charge in [-0.05, 0) is 19.4 Å². The van der Waals surface area contributed by atoms with Gasteiger partial charge in [0, 0.05) is 18.2 Å². The number of nitro groups is 1. The molecule has 0 saturated carbocycles. The predicted octanol–water partition coefficient (Wildman–Crippen LogP) is 2.86. The van der Waals surface area contributed by atoms with Crippen LogP contribution < -0.4 is 5.73 Å². The quantitative estimate of drug-likeness (QED) is 0.449. The number of rotatable bonds is 8. The Hall–Kier alpha value is -1.27. The zero-order chi connectivity index (χ0) is 15.2. The lowest BCUT2D eigenvalue weighted by Gasteiger charge is -2.20. The van der Waals surface area contributed by atoms with E-state index in [0.717, 1.165) is 0 Å². The van der Waals surface area contributed by atoms with Gasteiger partial charge in [0.05, 0.1) is 24.3 Å². The first-order chi connectivity index (χ1) is 9.41. The number of hydrogen-bond acceptors (Lipinski definition) is 6. The molecule has 2 N–H and O–H groups in total. The zero-order valence-electron chi connectivity index (χ0n) is 11.5. The molecule has 0 unspecified atom stereocenters. The van der Waals surface area contributed by atoms with Gasteiger partial charge in [-0.15, -0.1) is 0 Å². The lowest BCUT2D eigenvalue weighted by atomic mass is 10.1. The molecular formula is C12H19N2O5P. The van der Waals surface area contributed by atoms with Gasteiger partial charge < -0.3 is 14.8 Å². The van der Waals surface area contributed by atoms with E-state index in [1.807, 2.05) is 0 Å². The number of hydrogen-bond donors (Lipinski definition) is 1. The van der Waals surface area contributed by atoms with Gasteiger partial charge in [0.15, 0.2) is 0 Å². The normalized spacial score (nSPS) is 13.2. The molecule has 20 heavy (non-hydrogen) atoms. The van der Waals surface area contributed by atoms with Crippen molar-refractivity contribution < 1.29 is 18.5 Å². The van der Waals surface area contributed by atoms with Gasteiger partial charge in [0.2, 0.25) is 0 Å². The Labute approximate surface area is 117 Å². The van der Waals surface area contributed by atoms with Crippen molar-refractivity contribution in [1.29, 1.82) is 0 Å². The molecule has 1 aromatic carbocycles. The molecule has 0 aliphatic carbocycles. The van der Waals surface area contributed by atoms with Gasteiger partial charge in [0.25, 0.3) is 5.69 Å². The third-order valence-electron chi connectivity index (χ3n) is 2.60. The predicted molar refractivity (Wildman–Crippen MR) is 75.8 cm³/mol. The summed E-state index contributed by atoms with van der Waals surface area (Å²) in [6.45, 7) is 3.99. The SMILES string of the molecule is CCOP(=O)(C[C@@H](N)c1ccc([N+](=O)[O-])cc1)OCC. The van der Waals surface area contributed by atoms with E-state index in [2.05, 4.69) is 0 Å². The fraction of sp³-hybridized carbons (Fsp3) is 0.500. The Balaban J connectivity index is 2.80. The second-order valence-corrected chi connectivity index (χ2v) is 6.19. The second kappa shape index (κ2) is 7.50. The van der Waals surface area contributed by atoms with Crippen molar-refractivity contribution in [2.45, 2.75) is 19.9 Å². The highest BCUT2D eigenvalue weighted by Crippen LogP contribution is 2.50. The number of nitrogens with two attached hydrogens (primary N) is 1. The third-order valence-corrected chi connectivity index (χ3v) is 4.75. The number of benzene rings is 1. The van der Waals surface area contributed by atoms with Crippen molar-refractivity contribution >= 4 is 13.3 Å². The van der Waals surface area contributed by atoms with Gasteiger partial charge in [-0.2, -0.15) is 0 Å². The maximum absolute atomic E-state index is 12.3. The van der Waals surface area contributed by atoms with Crippen molar-refractivity contribution in [3.05, 3.63) is 39.9 Å². The standard InChI is InChI=1S/C12H19N2O5P/c1-3-18-20(17,19-4-2)9-12(13)10-5-7-11(8-6-10)14(15)16/h5-8,12H,3-4,9,13H2,1-2H3/t12-/m1/s1. The van der Waals surface area contributed by atoms with Crippen LogP contribution in [-0.4, -0.2) is 24.3 Å². The number of nitrogens with zero attached hydrogens (tertiary/aromatic N) is 1. The molecule has 0 bridgehead atoms. The van der Waals surface area contributed by atoms with Crippen LogP contribution in [0.5, 0.6) is 0 Å². The first-order valence-corrected chi connectivity index (χ1v) is 8.02. The van der Waals surface area contributed by atoms with E-state index in [4.69, 9.17) is 14.8 Å². The molecule has 0 radical (unpaired) electrons. The van der Waals surface area contributed by atoms with E-state index in [9.17, 15) is 14.7 Å². The van der Waals surface area contributed by atoms with Gasteiger partial charge in [-0.25, -0.2) is 0 Å². The fourth-order valence-corrected chi connectivity index (χ4v) is 3.49. The van der Waals surface area contributed by atoms with Crippen LogP contribution in [0.4, 0.5) is 5.69 Å². The average Bonchev–Trinajstić information content (AvgIpc) is 2.39. The summed E-state index contributed by atoms with van der Waals surface area (Å²) in [5.74, 6) is 0. The minimum Gasteiger partial charge on any atom is -0.323 e. The first-order valence-electron chi connectivity index (χ1n) is 6.30. The second-order valence-electron chi connectivity index (χ2n) is 4.08. The van der Waals surface area contributed by atoms with E-state index < -0.39 is 18.6 Å². The molecule has 0 spiro atoms. The molecule has 0 aliphatic heterocycles. The van der Waals surface area contributed by atoms with Gasteiger partial charge >= 0.3 is 7.60 Å². The van der Waals surface area contributed by atoms with Crippen molar-refractivity contribution in [3.63, 3.8) is 0 Å². The Morgan fingerprint density at radius 3 is 2.15 bits per heavy atom. The van der Waals surface area contributed by atoms with E-state index in [1.54, 1.807) is 26.0 Å². The highest BCUT2D eigenvalue weighted by atomic mass is 31.2. The van der Waals surface area contributed by atoms with E-state index >= 15 is 0 Å². The van der Waals surface area contributed by atoms with Crippen LogP contribution in [0.25, 0.3) is 0 Å². The number of non-ortho nitro benzene ring substituents is 1. The highest BCUT2D eigenvalue weighted by Gasteiger charge is 2.27. The van der Waals surface area contributed by atoms with Crippen LogP contribution in [0.2, 0.25) is 0 Å². The van der Waals surface area contributed by atoms with Crippen LogP contribution in [0.1, 0.15) is 25.5 Å². The Morgan fingerprint density at radius 1 is 1.25 bits per heavy atom. The summed E-state index contributed by atoms with van der Waals surface area (Å²) in [5, 5.41) is 10.6. The van der Waals surface area contributed by atoms with Crippen LogP contribution >= 0.6 is 7.60 Å². The lowest BCUT2D eigenvalue weighted by Crippen LogP contribution is -2.17. The zero-order valence-corrected chi connectivity index (χ0v) is 12.4. The van der Waals surface area contributed by atoms with Crippen LogP contribution in [0.3, 0.4) is 0 Å². The molecule has 0 heterocycles. The Morgan fingerprint density at radius 2 is 1.75 bits per heavy atom. The molecule has 0 saturated heterocycles. The minimum absolute atomic E-state index is 0.0150. The molecule has 8 heteroatoms. The molecule has 7 nitrogen and oxygen atoms in total. The fourth-order valence-electron chi connectivity index (χ4n) is 1.73. The largest absolute Gasteiger partial charge is 0.332 e. The van der Waals surface area contributed by atoms with Crippen LogP contribution in [0, 0.1) is 10.1 Å². The van der Waals surface area contributed by atoms with Crippen LogP contribution in [0.15, 0.2) is 24.3 Å². The van der Waals surface area contributed by atoms with Crippen molar-refractivity contribution in [1.82, 2.24) is 0 Å². The van der Waals surface area contributed by atoms with Crippen molar-refractivity contribution in [2.75, 3.05) is 19.4 Å². The summed E-state index contributed by atoms with van der Waals surface area (Å²) >= 11 is 0. The van der Waals surface area contributed by atoms with E-state index in [0.29, 0.717) is 5.56 Å². The first kappa shape index (κ1) is 16.8. The van der Waals surface area contributed by atoms with Crippen molar-refractivity contribution in [2.24, 2.45) is 5.73 Å². The monoisotopic (exact) mass is 302 g/mol. The van der Waals surface area contributed by atoms with Gasteiger partial charge in [0.1, 0.15) is 0 Å². The molecule has 0 aromatic heterocycles. The van der Waals surface area contributed by atoms with Gasteiger partial charge in [-0.3, -0.25) is 14.7 Å². The summed E-state index contributed by atoms with van der Waals surface area (Å²) in [5.41, 5.74) is 6.60. The van der Waals surface area contributed by atoms with Crippen molar-refractivity contribution in [3.8, 4) is 0 Å². The van der Waals surface area contributed by atoms with Crippen LogP contribution in [-0.2, 0) is 13.6 Å². The molecule has 1 atom stereocenters. The average molecular weight is 302 g/mol. The highest BCUT2D eigenvalue weighted by molar-refractivity contribution is 7.53. The molecular weight excluding hydrogens is 283 g/mol. The maximum atomic E-state index is 12.3. The third kappa shape index (κ3) is 4.68. The molecule has 112 valence electrons. The van der Waals surface area contributed by atoms with E-state index in [1.165, 1.54) is 12.1 Å². The summed E-state index contributed by atoms with van der Waals surface area (Å²) in [6.07, 6.45) is 0.0342. The summed E-state index contributed by atoms with van der Waals surface area (Å²) in [6, 6.07) is 5.25. The van der Waals surface area contributed by atoms with Gasteiger partial charge in [-0.1, -0.05) is 12.1 Å². The minimum atomic E-state index is -3.23. The Kier molecular flexibility index (Phi) is 6.29. The van der Waals surface area contributed by atoms with E-state index in [-0.39, 0.29) is 25.1 Å². The molecule has 0 aliphatic rings. The lowest BCUT2D eigenvalue weighted by molar-refractivity contribution is -0.384. The summed E-state index contributed by atoms with van der Waals surface area (Å²) < 4.78 is 22.7. The Bertz CT molecular complexity index is 481. The molecule has 1 rings (SSSR count).